The van der Waals surface area contributed by atoms with E-state index in [4.69, 9.17) is 25.9 Å². The molecule has 2 aliphatic heterocycles. The summed E-state index contributed by atoms with van der Waals surface area (Å²) in [5, 5.41) is 0. The van der Waals surface area contributed by atoms with Crippen molar-refractivity contribution in [2.24, 2.45) is 0 Å². The average Bonchev–Trinajstić information content (AvgIpc) is 3.48. The summed E-state index contributed by atoms with van der Waals surface area (Å²) in [6.45, 7) is 4.38. The monoisotopic (exact) mass is 678 g/mol. The summed E-state index contributed by atoms with van der Waals surface area (Å²) in [6, 6.07) is 13.8. The zero-order valence-electron chi connectivity index (χ0n) is 21.2. The average molecular weight is 678 g/mol. The quantitative estimate of drug-likeness (QED) is 0.207. The van der Waals surface area contributed by atoms with Crippen LogP contribution in [0.25, 0.3) is 0 Å². The Hall–Kier alpha value is -1.86. The van der Waals surface area contributed by atoms with Gasteiger partial charge < -0.3 is 0 Å². The summed E-state index contributed by atoms with van der Waals surface area (Å²) in [5.74, 6) is 0. The van der Waals surface area contributed by atoms with Crippen LogP contribution in [0, 0.1) is 0 Å². The van der Waals surface area contributed by atoms with Crippen LogP contribution in [-0.4, -0.2) is 81.9 Å². The van der Waals surface area contributed by atoms with Gasteiger partial charge in [0, 0.05) is 54.6 Å². The van der Waals surface area contributed by atoms with Crippen LogP contribution < -0.4 is 0 Å². The van der Waals surface area contributed by atoms with Gasteiger partial charge in [-0.15, -0.1) is 0 Å². The molecular weight excluding hydrogens is 650 g/mol. The first-order chi connectivity index (χ1) is 18.4. The minimum Gasteiger partial charge on any atom is -0.293 e. The minimum absolute atomic E-state index is 0. The molecule has 0 spiro atoms. The molecule has 2 N–H and O–H groups in total. The maximum Gasteiger partial charge on any atom is 0.522 e. The molecule has 0 aliphatic carbocycles. The molecule has 10 nitrogen and oxygen atoms in total. The van der Waals surface area contributed by atoms with Crippen LogP contribution in [0.3, 0.4) is 0 Å². The second kappa shape index (κ2) is 15.6. The molecular formula is C22H28F6FeN4O6S2. The van der Waals surface area contributed by atoms with Gasteiger partial charge in [0.25, 0.3) is 0 Å². The van der Waals surface area contributed by atoms with Crippen molar-refractivity contribution in [2.75, 3.05) is 13.1 Å². The summed E-state index contributed by atoms with van der Waals surface area (Å²) in [5.41, 5.74) is -8.68. The molecule has 0 unspecified atom stereocenters. The molecule has 2 aromatic rings. The van der Waals surface area contributed by atoms with E-state index in [1.165, 1.54) is 50.2 Å². The molecule has 0 amide bonds. The van der Waals surface area contributed by atoms with Crippen molar-refractivity contribution in [3.8, 4) is 0 Å². The van der Waals surface area contributed by atoms with Gasteiger partial charge in [0.05, 0.1) is 11.4 Å². The molecule has 41 heavy (non-hydrogen) atoms. The SMILES string of the molecule is O=S(=O)(O)C(F)(F)F.O=S(=O)(O)C(F)(F)F.[Fe].c1ccc(CN2CCC[C@@H]2[C@@H]2CCCN2Cc2ccccn2)nc1. The van der Waals surface area contributed by atoms with Gasteiger partial charge in [-0.25, -0.2) is 0 Å². The number of pyridine rings is 2. The van der Waals surface area contributed by atoms with E-state index < -0.39 is 31.3 Å². The van der Waals surface area contributed by atoms with Crippen LogP contribution in [0.15, 0.2) is 48.8 Å². The number of aromatic nitrogens is 2. The Morgan fingerprint density at radius 2 is 1.02 bits per heavy atom. The normalized spacial score (nSPS) is 20.3. The van der Waals surface area contributed by atoms with Crippen LogP contribution in [-0.2, 0) is 50.4 Å². The predicted octanol–water partition coefficient (Wildman–Crippen LogP) is 3.89. The third-order valence-corrected chi connectivity index (χ3v) is 7.21. The number of hydrogen-bond acceptors (Lipinski definition) is 8. The molecule has 2 saturated heterocycles. The van der Waals surface area contributed by atoms with Crippen molar-refractivity contribution in [3.05, 3.63) is 60.2 Å². The van der Waals surface area contributed by atoms with Crippen molar-refractivity contribution in [3.63, 3.8) is 0 Å². The number of halogens is 6. The zero-order valence-corrected chi connectivity index (χ0v) is 23.9. The fraction of sp³-hybridized carbons (Fsp3) is 0.545. The molecule has 2 aliphatic rings. The molecule has 0 saturated carbocycles. The third kappa shape index (κ3) is 12.1. The van der Waals surface area contributed by atoms with Gasteiger partial charge in [-0.1, -0.05) is 12.1 Å². The summed E-state index contributed by atoms with van der Waals surface area (Å²) in [4.78, 5) is 14.4. The second-order valence-electron chi connectivity index (χ2n) is 8.84. The van der Waals surface area contributed by atoms with Crippen molar-refractivity contribution >= 4 is 20.2 Å². The van der Waals surface area contributed by atoms with Crippen molar-refractivity contribution in [1.82, 2.24) is 19.8 Å². The van der Waals surface area contributed by atoms with E-state index in [1.54, 1.807) is 0 Å². The standard InChI is InChI=1S/C20H26N4.2CHF3O3S.Fe/c1-3-11-21-17(7-1)15-23-13-5-9-19(23)20-10-6-14-24(20)16-18-8-2-4-12-22-18;2*2-1(3,4)8(5,6)7;/h1-4,7-8,11-12,19-20H,5-6,9-10,13-16H2;2*(H,5,6,7);/t19-,20+;;;. The Labute approximate surface area is 244 Å². The number of alkyl halides is 6. The second-order valence-corrected chi connectivity index (χ2v) is 11.7. The molecule has 0 radical (unpaired) electrons. The van der Waals surface area contributed by atoms with Crippen LogP contribution >= 0.6 is 0 Å². The number of hydrogen-bond donors (Lipinski definition) is 2. The minimum atomic E-state index is -5.84. The molecule has 234 valence electrons. The maximum atomic E-state index is 10.7. The molecule has 19 heteroatoms. The molecule has 0 aromatic carbocycles. The van der Waals surface area contributed by atoms with Gasteiger partial charge in [0.15, 0.2) is 0 Å². The summed E-state index contributed by atoms with van der Waals surface area (Å²) in [6.07, 6.45) is 9.07. The smallest absolute Gasteiger partial charge is 0.293 e. The Morgan fingerprint density at radius 3 is 1.27 bits per heavy atom. The van der Waals surface area contributed by atoms with E-state index in [0.717, 1.165) is 13.1 Å². The predicted molar refractivity (Wildman–Crippen MR) is 131 cm³/mol. The summed E-state index contributed by atoms with van der Waals surface area (Å²) in [7, 11) is -11.7. The Balaban J connectivity index is 0.000000413. The Bertz CT molecular complexity index is 1170. The van der Waals surface area contributed by atoms with Crippen molar-refractivity contribution < 1.29 is 69.4 Å². The number of rotatable bonds is 5. The van der Waals surface area contributed by atoms with Gasteiger partial charge in [-0.2, -0.15) is 43.2 Å². The van der Waals surface area contributed by atoms with Gasteiger partial charge in [0.2, 0.25) is 0 Å². The Morgan fingerprint density at radius 1 is 0.707 bits per heavy atom. The van der Waals surface area contributed by atoms with E-state index in [2.05, 4.69) is 44.0 Å². The van der Waals surface area contributed by atoms with Crippen LogP contribution in [0.5, 0.6) is 0 Å². The van der Waals surface area contributed by atoms with E-state index in [-0.39, 0.29) is 17.1 Å². The van der Waals surface area contributed by atoms with Crippen LogP contribution in [0.4, 0.5) is 26.3 Å². The molecule has 0 bridgehead atoms. The molecule has 2 aromatic heterocycles. The van der Waals surface area contributed by atoms with Gasteiger partial charge in [-0.05, 0) is 63.0 Å². The van der Waals surface area contributed by atoms with Gasteiger partial charge in [-0.3, -0.25) is 28.9 Å². The van der Waals surface area contributed by atoms with E-state index >= 15 is 0 Å². The van der Waals surface area contributed by atoms with Crippen molar-refractivity contribution in [1.29, 1.82) is 0 Å². The molecule has 2 atom stereocenters. The van der Waals surface area contributed by atoms with E-state index in [9.17, 15) is 26.3 Å². The van der Waals surface area contributed by atoms with Crippen LogP contribution in [0.2, 0.25) is 0 Å². The largest absolute Gasteiger partial charge is 0.522 e. The van der Waals surface area contributed by atoms with Gasteiger partial charge in [0.1, 0.15) is 0 Å². The Kier molecular flexibility index (Phi) is 14.1. The number of nitrogens with zero attached hydrogens (tertiary/aromatic N) is 4. The van der Waals surface area contributed by atoms with Crippen molar-refractivity contribution in [2.45, 2.75) is 61.9 Å². The summed E-state index contributed by atoms with van der Waals surface area (Å²) >= 11 is 0. The molecule has 2 fully saturated rings. The van der Waals surface area contributed by atoms with Crippen LogP contribution in [0.1, 0.15) is 37.1 Å². The fourth-order valence-electron chi connectivity index (χ4n) is 4.37. The summed E-state index contributed by atoms with van der Waals surface area (Å²) < 4.78 is 115. The maximum absolute atomic E-state index is 10.7. The zero-order chi connectivity index (χ0) is 30.2. The fourth-order valence-corrected chi connectivity index (χ4v) is 4.37. The molecule has 4 rings (SSSR count). The first-order valence-electron chi connectivity index (χ1n) is 11.8. The van der Waals surface area contributed by atoms with E-state index in [1.807, 2.05) is 24.5 Å². The third-order valence-electron chi connectivity index (χ3n) is 6.04. The first kappa shape index (κ1) is 37.2. The number of likely N-dealkylation sites (tertiary alicyclic amines) is 2. The first-order valence-corrected chi connectivity index (χ1v) is 14.6. The topological polar surface area (TPSA) is 141 Å². The molecule has 4 heterocycles. The van der Waals surface area contributed by atoms with Gasteiger partial charge >= 0.3 is 31.3 Å². The van der Waals surface area contributed by atoms with E-state index in [0.29, 0.717) is 12.1 Å².